The van der Waals surface area contributed by atoms with E-state index in [4.69, 9.17) is 62.2 Å². The number of carboxylic acid groups (broad SMARTS) is 1. The summed E-state index contributed by atoms with van der Waals surface area (Å²) in [5, 5.41) is 37.2. The fourth-order valence-electron chi connectivity index (χ4n) is 15.5. The van der Waals surface area contributed by atoms with Crippen LogP contribution in [-0.2, 0) is 26.2 Å². The molecule has 2 atom stereocenters. The highest BCUT2D eigenvalue weighted by molar-refractivity contribution is 9.10. The molecule has 4 N–H and O–H groups in total. The van der Waals surface area contributed by atoms with Gasteiger partial charge in [-0.15, -0.1) is 0 Å². The van der Waals surface area contributed by atoms with Crippen molar-refractivity contribution in [2.24, 2.45) is 0 Å². The molecule has 1 aliphatic rings. The van der Waals surface area contributed by atoms with Crippen molar-refractivity contribution < 1.29 is 37.3 Å². The maximum atomic E-state index is 13.0. The molecule has 0 saturated heterocycles. The standard InChI is InChI=1S/C33H23ClO.C33H21Cl.C19H13ClO.C14H9Br.C2H4O2.CH4.H2O4S/c34-26-20-18-23(19-21-26)28-14-8-9-17-31(28)33(35,25-11-2-1-3-12-25)32-22-24-10-4-5-13-27(24)29-15-6-7-16-30(29)32;34-24-18-19-29-28-16-8-9-17-30(28)33(32(29)21-24,23-11-2-1-3-12-23)31-20-22-10-4-5-13-25(22)26-14-6-7-15-27(26)31;20-16-12-10-14(11-13-16)17-8-4-5-9-18(17)19(21)15-6-2-1-3-7-15;15-14-9-10-5-1-2-6-11(10)12-7-3-4-8-13(12)14;1-2(3)4;;1-5(2,3)4/h1-22,35H;1-21H;1-13H;1-9H;1H3,(H,3,4);1H4;(H2,1,2,3,4). The van der Waals surface area contributed by atoms with Crippen LogP contribution in [0.4, 0.5) is 0 Å². The molecule has 0 bridgehead atoms. The second-order valence-corrected chi connectivity index (χ2v) is 30.3. The van der Waals surface area contributed by atoms with Crippen molar-refractivity contribution in [3.05, 3.63) is 464 Å². The molecule has 115 heavy (non-hydrogen) atoms. The molecular weight excluding hydrogens is 1570 g/mol. The number of hydrogen-bond donors (Lipinski definition) is 4. The van der Waals surface area contributed by atoms with E-state index in [2.05, 4.69) is 240 Å². The first kappa shape index (κ1) is 80.9. The molecule has 0 amide bonds. The van der Waals surface area contributed by atoms with Crippen molar-refractivity contribution in [2.75, 3.05) is 0 Å². The summed E-state index contributed by atoms with van der Waals surface area (Å²) in [7, 11) is -4.67. The number of halogens is 4. The Hall–Kier alpha value is -12.2. The molecule has 19 rings (SSSR count). The monoisotopic (exact) mass is 1640 g/mol. The molecule has 8 nitrogen and oxygen atoms in total. The Kier molecular flexibility index (Phi) is 25.2. The Morgan fingerprint density at radius 3 is 1.28 bits per heavy atom. The van der Waals surface area contributed by atoms with E-state index in [1.165, 1.54) is 81.9 Å². The Labute approximate surface area is 692 Å². The largest absolute Gasteiger partial charge is 0.481 e. The summed E-state index contributed by atoms with van der Waals surface area (Å²) in [6.07, 6.45) is 0. The van der Waals surface area contributed by atoms with Crippen LogP contribution in [0.2, 0.25) is 15.1 Å². The summed E-state index contributed by atoms with van der Waals surface area (Å²) in [6.45, 7) is 1.08. The van der Waals surface area contributed by atoms with Crippen molar-refractivity contribution in [2.45, 2.75) is 25.4 Å². The first-order valence-electron chi connectivity index (χ1n) is 36.6. The average molecular weight is 1650 g/mol. The van der Waals surface area contributed by atoms with E-state index in [9.17, 15) is 9.90 Å². The number of carboxylic acids is 1. The quantitative estimate of drug-likeness (QED) is 0.0483. The number of fused-ring (bicyclic) bond motifs is 12. The minimum atomic E-state index is -4.67. The zero-order valence-corrected chi connectivity index (χ0v) is 66.0. The van der Waals surface area contributed by atoms with Gasteiger partial charge in [0.05, 0.1) is 5.41 Å². The third-order valence-electron chi connectivity index (χ3n) is 20.3. The minimum absolute atomic E-state index is 0. The van der Waals surface area contributed by atoms with E-state index < -0.39 is 27.4 Å². The van der Waals surface area contributed by atoms with Crippen LogP contribution >= 0.6 is 50.7 Å². The molecule has 0 aromatic heterocycles. The maximum absolute atomic E-state index is 13.0. The molecule has 0 fully saturated rings. The van der Waals surface area contributed by atoms with Crippen molar-refractivity contribution in [3.8, 4) is 33.4 Å². The van der Waals surface area contributed by atoms with Gasteiger partial charge >= 0.3 is 10.4 Å². The molecule has 566 valence electrons. The van der Waals surface area contributed by atoms with Crippen LogP contribution in [0.5, 0.6) is 0 Å². The van der Waals surface area contributed by atoms with E-state index >= 15 is 0 Å². The number of ketones is 1. The van der Waals surface area contributed by atoms with Gasteiger partial charge in [-0.25, -0.2) is 0 Å². The Balaban J connectivity index is 0.000000134. The van der Waals surface area contributed by atoms with Crippen LogP contribution in [-0.4, -0.2) is 39.5 Å². The van der Waals surface area contributed by atoms with Gasteiger partial charge in [0, 0.05) is 48.7 Å². The highest BCUT2D eigenvalue weighted by atomic mass is 79.9. The lowest BCUT2D eigenvalue weighted by molar-refractivity contribution is -0.134. The summed E-state index contributed by atoms with van der Waals surface area (Å²) in [5.74, 6) is -0.804. The van der Waals surface area contributed by atoms with E-state index in [1.807, 2.05) is 170 Å². The van der Waals surface area contributed by atoms with E-state index in [-0.39, 0.29) is 13.2 Å². The lowest BCUT2D eigenvalue weighted by atomic mass is 9.66. The summed E-state index contributed by atoms with van der Waals surface area (Å²) in [6, 6.07) is 134. The zero-order valence-electron chi connectivity index (χ0n) is 61.4. The molecule has 2 unspecified atom stereocenters. The third-order valence-corrected chi connectivity index (χ3v) is 21.7. The highest BCUT2D eigenvalue weighted by Gasteiger charge is 2.47. The van der Waals surface area contributed by atoms with Crippen LogP contribution in [0.25, 0.3) is 98.0 Å². The number of hydrogen-bond acceptors (Lipinski definition) is 5. The molecule has 0 saturated carbocycles. The highest BCUT2D eigenvalue weighted by Crippen LogP contribution is 2.58. The van der Waals surface area contributed by atoms with Gasteiger partial charge in [0.15, 0.2) is 5.78 Å². The Morgan fingerprint density at radius 2 is 0.722 bits per heavy atom. The van der Waals surface area contributed by atoms with Gasteiger partial charge in [0.25, 0.3) is 5.97 Å². The van der Waals surface area contributed by atoms with E-state index in [1.54, 1.807) is 0 Å². The van der Waals surface area contributed by atoms with Gasteiger partial charge < -0.3 is 10.2 Å². The average Bonchev–Trinajstić information content (AvgIpc) is 1.52. The number of benzene rings is 18. The fraction of sp³-hybridized carbons (Fsp3) is 0.0392. The van der Waals surface area contributed by atoms with Crippen LogP contribution in [0.15, 0.2) is 399 Å². The van der Waals surface area contributed by atoms with Crippen molar-refractivity contribution >= 4 is 138 Å². The van der Waals surface area contributed by atoms with Gasteiger partial charge in [-0.1, -0.05) is 398 Å². The van der Waals surface area contributed by atoms with Gasteiger partial charge in [0.2, 0.25) is 0 Å². The van der Waals surface area contributed by atoms with Gasteiger partial charge in [-0.3, -0.25) is 18.7 Å². The molecule has 0 spiro atoms. The second-order valence-electron chi connectivity index (χ2n) is 27.2. The summed E-state index contributed by atoms with van der Waals surface area (Å²) >= 11 is 22.4. The molecule has 1 aliphatic carbocycles. The molecule has 18 aromatic carbocycles. The second kappa shape index (κ2) is 35.9. The molecule has 0 aliphatic heterocycles. The van der Waals surface area contributed by atoms with Crippen LogP contribution in [0.1, 0.15) is 69.2 Å². The van der Waals surface area contributed by atoms with Crippen molar-refractivity contribution in [1.29, 1.82) is 0 Å². The number of aliphatic hydroxyl groups is 1. The molecule has 0 radical (unpaired) electrons. The van der Waals surface area contributed by atoms with Gasteiger partial charge in [-0.2, -0.15) is 8.42 Å². The smallest absolute Gasteiger partial charge is 0.394 e. The van der Waals surface area contributed by atoms with E-state index in [0.717, 1.165) is 71.5 Å². The van der Waals surface area contributed by atoms with Crippen LogP contribution < -0.4 is 0 Å². The van der Waals surface area contributed by atoms with Gasteiger partial charge in [-0.05, 0) is 180 Å². The summed E-state index contributed by atoms with van der Waals surface area (Å²) in [5.41, 5.74) is 13.5. The SMILES string of the molecule is Brc1cc2ccccc2c2ccccc12.C.CC(=O)O.Clc1ccc2c(c1)C(c1ccccc1)(c1cc3ccccc3c3ccccc13)c1ccccc1-2.O=C(c1ccccc1)c1ccccc1-c1ccc(Cl)cc1.O=S(=O)(O)O.OC(c1ccccc1)(c1ccccc1-c1ccc(Cl)cc1)c1cc2ccccc2c2ccccc12. The molecular formula is C102H76BrCl3O8S. The van der Waals surface area contributed by atoms with Crippen LogP contribution in [0, 0.1) is 0 Å². The number of carbonyl (C=O) groups is 2. The summed E-state index contributed by atoms with van der Waals surface area (Å²) < 4.78 is 32.7. The van der Waals surface area contributed by atoms with Crippen molar-refractivity contribution in [1.82, 2.24) is 0 Å². The molecule has 0 heterocycles. The minimum Gasteiger partial charge on any atom is -0.481 e. The maximum Gasteiger partial charge on any atom is 0.394 e. The number of rotatable bonds is 9. The summed E-state index contributed by atoms with van der Waals surface area (Å²) in [4.78, 5) is 21.7. The van der Waals surface area contributed by atoms with Gasteiger partial charge in [0.1, 0.15) is 5.60 Å². The Bertz CT molecular complexity index is 6660. The Morgan fingerprint density at radius 1 is 0.348 bits per heavy atom. The first-order chi connectivity index (χ1) is 55.3. The third kappa shape index (κ3) is 17.4. The zero-order chi connectivity index (χ0) is 79.5. The number of carbonyl (C=O) groups excluding carboxylic acids is 1. The molecule has 18 aromatic rings. The predicted octanol–water partition coefficient (Wildman–Crippen LogP) is 27.7. The normalized spacial score (nSPS) is 12.9. The van der Waals surface area contributed by atoms with Crippen molar-refractivity contribution in [3.63, 3.8) is 0 Å². The van der Waals surface area contributed by atoms with E-state index in [0.29, 0.717) is 21.2 Å². The number of aliphatic carboxylic acids is 1. The lowest BCUT2D eigenvalue weighted by Gasteiger charge is -2.35. The fourth-order valence-corrected chi connectivity index (χ4v) is 16.6. The topological polar surface area (TPSA) is 149 Å². The predicted molar refractivity (Wildman–Crippen MR) is 481 cm³/mol. The van der Waals surface area contributed by atoms with Crippen LogP contribution in [0.3, 0.4) is 0 Å². The first-order valence-corrected chi connectivity index (χ1v) is 39.9. The molecule has 13 heteroatoms. The lowest BCUT2D eigenvalue weighted by Crippen LogP contribution is -2.30.